The Kier molecular flexibility index (Phi) is 22.4. The Morgan fingerprint density at radius 1 is 0.826 bits per heavy atom. The van der Waals surface area contributed by atoms with Gasteiger partial charge in [-0.05, 0) is 37.1 Å². The Morgan fingerprint density at radius 2 is 1.39 bits per heavy atom. The summed E-state index contributed by atoms with van der Waals surface area (Å²) in [6, 6.07) is 14.7. The molecule has 2 heterocycles. The molecular formula is C36H56N4O6. The number of carbonyl (C=O) groups is 4. The fourth-order valence-corrected chi connectivity index (χ4v) is 4.85. The summed E-state index contributed by atoms with van der Waals surface area (Å²) in [5, 5.41) is 5.55. The van der Waals surface area contributed by atoms with Gasteiger partial charge in [0.05, 0.1) is 32.3 Å². The van der Waals surface area contributed by atoms with Crippen LogP contribution in [0.25, 0.3) is 0 Å². The van der Waals surface area contributed by atoms with Gasteiger partial charge in [0.15, 0.2) is 0 Å². The highest BCUT2D eigenvalue weighted by atomic mass is 16.5. The number of likely N-dealkylation sites (tertiary alicyclic amines) is 1. The van der Waals surface area contributed by atoms with Gasteiger partial charge in [-0.15, -0.1) is 0 Å². The number of pyridine rings is 1. The zero-order valence-electron chi connectivity index (χ0n) is 28.5. The van der Waals surface area contributed by atoms with E-state index in [1.807, 2.05) is 64.1 Å². The molecule has 2 N–H and O–H groups in total. The Labute approximate surface area is 276 Å². The molecule has 2 aliphatic rings. The molecule has 2 fully saturated rings. The molecule has 1 aliphatic heterocycles. The predicted molar refractivity (Wildman–Crippen MR) is 181 cm³/mol. The van der Waals surface area contributed by atoms with Gasteiger partial charge in [0.2, 0.25) is 11.8 Å². The molecule has 1 unspecified atom stereocenters. The van der Waals surface area contributed by atoms with Gasteiger partial charge in [-0.3, -0.25) is 24.2 Å². The van der Waals surface area contributed by atoms with Crippen molar-refractivity contribution in [3.05, 3.63) is 66.5 Å². The zero-order valence-corrected chi connectivity index (χ0v) is 28.5. The summed E-state index contributed by atoms with van der Waals surface area (Å²) in [4.78, 5) is 51.9. The van der Waals surface area contributed by atoms with Crippen molar-refractivity contribution in [2.45, 2.75) is 66.2 Å². The van der Waals surface area contributed by atoms with Crippen molar-refractivity contribution >= 4 is 23.5 Å². The molecule has 1 saturated heterocycles. The van der Waals surface area contributed by atoms with Gasteiger partial charge in [0.25, 0.3) is 5.91 Å². The van der Waals surface area contributed by atoms with Crippen LogP contribution in [0.2, 0.25) is 0 Å². The lowest BCUT2D eigenvalue weighted by Gasteiger charge is -2.21. The Morgan fingerprint density at radius 3 is 1.87 bits per heavy atom. The summed E-state index contributed by atoms with van der Waals surface area (Å²) >= 11 is 0. The number of Topliss-reactive ketones (excluding diaryl/α,β-unsaturated/α-hetero) is 1. The number of carbonyl (C=O) groups excluding carboxylic acids is 4. The van der Waals surface area contributed by atoms with E-state index in [2.05, 4.69) is 15.6 Å². The number of amides is 3. The topological polar surface area (TPSA) is 127 Å². The van der Waals surface area contributed by atoms with Crippen molar-refractivity contribution in [1.82, 2.24) is 20.5 Å². The minimum absolute atomic E-state index is 0.00325. The molecule has 1 aromatic heterocycles. The van der Waals surface area contributed by atoms with Crippen molar-refractivity contribution in [2.24, 2.45) is 17.8 Å². The molecule has 1 aliphatic carbocycles. The molecule has 3 amide bonds. The van der Waals surface area contributed by atoms with Gasteiger partial charge in [-0.25, -0.2) is 0 Å². The second-order valence-electron chi connectivity index (χ2n) is 11.2. The van der Waals surface area contributed by atoms with E-state index in [9.17, 15) is 19.2 Å². The van der Waals surface area contributed by atoms with Gasteiger partial charge < -0.3 is 25.0 Å². The smallest absolute Gasteiger partial charge is 0.251 e. The van der Waals surface area contributed by atoms with Gasteiger partial charge in [0, 0.05) is 62.9 Å². The number of benzene rings is 1. The highest BCUT2D eigenvalue weighted by molar-refractivity contribution is 5.94. The maximum absolute atomic E-state index is 11.9. The fourth-order valence-electron chi connectivity index (χ4n) is 4.85. The van der Waals surface area contributed by atoms with Crippen molar-refractivity contribution in [2.75, 3.05) is 53.1 Å². The fraction of sp³-hybridized carbons (Fsp3) is 0.583. The highest BCUT2D eigenvalue weighted by Crippen LogP contribution is 2.26. The lowest BCUT2D eigenvalue weighted by atomic mass is 9.83. The van der Waals surface area contributed by atoms with E-state index in [1.54, 1.807) is 36.5 Å². The van der Waals surface area contributed by atoms with Crippen molar-refractivity contribution in [3.63, 3.8) is 0 Å². The molecule has 10 nitrogen and oxygen atoms in total. The highest BCUT2D eigenvalue weighted by Gasteiger charge is 2.31. The SMILES string of the molecule is CC.CC(C)C(=O)C1CCCCC1.CN1CC(C(=O)NCCOCCOCCNC(=O)c2ccccc2)CC1=O.c1ccncc1. The number of nitrogens with one attached hydrogen (secondary N) is 2. The normalized spacial score (nSPS) is 15.7. The van der Waals surface area contributed by atoms with Crippen LogP contribution in [0.3, 0.4) is 0 Å². The first-order valence-corrected chi connectivity index (χ1v) is 16.7. The largest absolute Gasteiger partial charge is 0.377 e. The molecule has 256 valence electrons. The van der Waals surface area contributed by atoms with Crippen LogP contribution in [0.1, 0.15) is 76.6 Å². The van der Waals surface area contributed by atoms with Crippen LogP contribution in [0.5, 0.6) is 0 Å². The van der Waals surface area contributed by atoms with Crippen molar-refractivity contribution < 1.29 is 28.7 Å². The van der Waals surface area contributed by atoms with Crippen molar-refractivity contribution in [1.29, 1.82) is 0 Å². The Balaban J connectivity index is 0.000000451. The zero-order chi connectivity index (χ0) is 34.0. The van der Waals surface area contributed by atoms with Crippen LogP contribution in [-0.4, -0.2) is 86.5 Å². The Bertz CT molecular complexity index is 1070. The van der Waals surface area contributed by atoms with Crippen LogP contribution in [-0.2, 0) is 23.9 Å². The van der Waals surface area contributed by atoms with Gasteiger partial charge in [-0.1, -0.05) is 71.2 Å². The molecular weight excluding hydrogens is 584 g/mol. The second kappa shape index (κ2) is 25.5. The third-order valence-electron chi connectivity index (χ3n) is 7.34. The summed E-state index contributed by atoms with van der Waals surface area (Å²) in [6.07, 6.45) is 9.94. The molecule has 2 aromatic rings. The number of rotatable bonds is 13. The second-order valence-corrected chi connectivity index (χ2v) is 11.2. The predicted octanol–water partition coefficient (Wildman–Crippen LogP) is 4.94. The van der Waals surface area contributed by atoms with Crippen LogP contribution >= 0.6 is 0 Å². The van der Waals surface area contributed by atoms with E-state index in [4.69, 9.17) is 9.47 Å². The first kappa shape index (κ1) is 40.4. The summed E-state index contributed by atoms with van der Waals surface area (Å²) in [6.45, 7) is 10.9. The van der Waals surface area contributed by atoms with Gasteiger partial charge in [-0.2, -0.15) is 0 Å². The minimum Gasteiger partial charge on any atom is -0.377 e. The molecule has 0 radical (unpaired) electrons. The average Bonchev–Trinajstić information content (AvgIpc) is 3.45. The molecule has 4 rings (SSSR count). The minimum atomic E-state index is -0.267. The number of hydrogen-bond donors (Lipinski definition) is 2. The molecule has 1 aromatic carbocycles. The van der Waals surface area contributed by atoms with E-state index >= 15 is 0 Å². The average molecular weight is 641 g/mol. The first-order valence-electron chi connectivity index (χ1n) is 16.7. The van der Waals surface area contributed by atoms with E-state index in [1.165, 1.54) is 19.3 Å². The molecule has 10 heteroatoms. The monoisotopic (exact) mass is 640 g/mol. The van der Waals surface area contributed by atoms with Crippen LogP contribution in [0.15, 0.2) is 60.9 Å². The number of nitrogens with zero attached hydrogens (tertiary/aromatic N) is 2. The number of ether oxygens (including phenoxy) is 2. The number of ketones is 1. The van der Waals surface area contributed by atoms with Crippen molar-refractivity contribution in [3.8, 4) is 0 Å². The molecule has 1 saturated carbocycles. The molecule has 46 heavy (non-hydrogen) atoms. The van der Waals surface area contributed by atoms with Gasteiger partial charge in [0.1, 0.15) is 5.78 Å². The van der Waals surface area contributed by atoms with Gasteiger partial charge >= 0.3 is 0 Å². The molecule has 0 spiro atoms. The van der Waals surface area contributed by atoms with E-state index < -0.39 is 0 Å². The third kappa shape index (κ3) is 17.8. The first-order chi connectivity index (χ1) is 22.3. The summed E-state index contributed by atoms with van der Waals surface area (Å²) in [7, 11) is 1.70. The van der Waals surface area contributed by atoms with Crippen LogP contribution < -0.4 is 10.6 Å². The number of aromatic nitrogens is 1. The van der Waals surface area contributed by atoms with E-state index in [0.717, 1.165) is 12.8 Å². The Hall–Kier alpha value is -3.63. The quantitative estimate of drug-likeness (QED) is 0.297. The lowest BCUT2D eigenvalue weighted by molar-refractivity contribution is -0.128. The summed E-state index contributed by atoms with van der Waals surface area (Å²) in [5.74, 6) is 0.648. The maximum atomic E-state index is 11.9. The standard InChI is InChI=1S/C19H27N3O5.C10H18O.C5H5N.C2H6/c1-22-14-16(13-17(22)23)19(25)21-8-10-27-12-11-26-9-7-20-18(24)15-5-3-2-4-6-15;1-8(2)10(11)9-6-4-3-5-7-9;1-2-4-6-5-3-1;1-2/h2-6,16H,7-14H2,1H3,(H,20,24)(H,21,25);8-9H,3-7H2,1-2H3;1-5H;1-2H3. The lowest BCUT2D eigenvalue weighted by Crippen LogP contribution is -2.34. The summed E-state index contributed by atoms with van der Waals surface area (Å²) < 4.78 is 10.8. The molecule has 1 atom stereocenters. The van der Waals surface area contributed by atoms with Crippen LogP contribution in [0, 0.1) is 17.8 Å². The van der Waals surface area contributed by atoms with Crippen LogP contribution in [0.4, 0.5) is 0 Å². The molecule has 0 bridgehead atoms. The number of hydrogen-bond acceptors (Lipinski definition) is 7. The third-order valence-corrected chi connectivity index (χ3v) is 7.34. The summed E-state index contributed by atoms with van der Waals surface area (Å²) in [5.41, 5.74) is 0.622. The maximum Gasteiger partial charge on any atom is 0.251 e. The van der Waals surface area contributed by atoms with E-state index in [-0.39, 0.29) is 36.0 Å². The van der Waals surface area contributed by atoms with E-state index in [0.29, 0.717) is 63.3 Å².